The van der Waals surface area contributed by atoms with E-state index in [1.54, 1.807) is 0 Å². The molecule has 0 aromatic rings. The minimum absolute atomic E-state index is 0.426. The number of rotatable bonds is 0. The highest BCUT2D eigenvalue weighted by Gasteiger charge is 2.12. The summed E-state index contributed by atoms with van der Waals surface area (Å²) in [4.78, 5) is 4.27. The Morgan fingerprint density at radius 2 is 2.55 bits per heavy atom. The van der Waals surface area contributed by atoms with Gasteiger partial charge in [-0.05, 0) is 12.0 Å². The molecular formula is C9H12N2. The van der Waals surface area contributed by atoms with Gasteiger partial charge >= 0.3 is 0 Å². The highest BCUT2D eigenvalue weighted by molar-refractivity contribution is 5.81. The zero-order valence-electron chi connectivity index (χ0n) is 6.46. The van der Waals surface area contributed by atoms with Crippen molar-refractivity contribution < 1.29 is 0 Å². The Morgan fingerprint density at radius 1 is 1.55 bits per heavy atom. The van der Waals surface area contributed by atoms with E-state index < -0.39 is 0 Å². The van der Waals surface area contributed by atoms with Crippen LogP contribution in [0.4, 0.5) is 0 Å². The van der Waals surface area contributed by atoms with Crippen LogP contribution in [0, 0.1) is 0 Å². The predicted octanol–water partition coefficient (Wildman–Crippen LogP) is 0.915. The van der Waals surface area contributed by atoms with Gasteiger partial charge in [0.05, 0.1) is 12.6 Å². The molecule has 11 heavy (non-hydrogen) atoms. The number of hydrogen-bond acceptors (Lipinski definition) is 2. The minimum Gasteiger partial charge on any atom is -0.305 e. The molecule has 58 valence electrons. The molecule has 1 aliphatic carbocycles. The molecule has 2 rings (SSSR count). The second-order valence-corrected chi connectivity index (χ2v) is 2.84. The van der Waals surface area contributed by atoms with Crippen LogP contribution < -0.4 is 5.32 Å². The monoisotopic (exact) mass is 148 g/mol. The van der Waals surface area contributed by atoms with Crippen molar-refractivity contribution in [3.63, 3.8) is 0 Å². The zero-order chi connectivity index (χ0) is 7.52. The normalized spacial score (nSPS) is 29.1. The van der Waals surface area contributed by atoms with Crippen LogP contribution in [0.1, 0.15) is 6.42 Å². The molecule has 1 N–H and O–H groups in total. The number of allylic oxidation sites excluding steroid dienone is 2. The zero-order valence-corrected chi connectivity index (χ0v) is 6.46. The summed E-state index contributed by atoms with van der Waals surface area (Å²) in [5.41, 5.74) is 1.32. The van der Waals surface area contributed by atoms with Gasteiger partial charge in [0.1, 0.15) is 0 Å². The first-order valence-corrected chi connectivity index (χ1v) is 4.07. The van der Waals surface area contributed by atoms with E-state index in [-0.39, 0.29) is 0 Å². The summed E-state index contributed by atoms with van der Waals surface area (Å²) >= 11 is 0. The summed E-state index contributed by atoms with van der Waals surface area (Å²) in [6.45, 7) is 1.89. The SMILES string of the molecule is C1=CC2NCCN=CC2=CC1. The molecule has 0 spiro atoms. The molecule has 1 heterocycles. The first-order valence-electron chi connectivity index (χ1n) is 4.07. The van der Waals surface area contributed by atoms with Crippen LogP contribution in [0.3, 0.4) is 0 Å². The maximum atomic E-state index is 4.27. The highest BCUT2D eigenvalue weighted by Crippen LogP contribution is 2.11. The van der Waals surface area contributed by atoms with E-state index in [0.717, 1.165) is 19.5 Å². The molecule has 2 nitrogen and oxygen atoms in total. The van der Waals surface area contributed by atoms with Crippen molar-refractivity contribution in [3.8, 4) is 0 Å². The van der Waals surface area contributed by atoms with Gasteiger partial charge in [-0.25, -0.2) is 0 Å². The molecule has 0 aromatic carbocycles. The van der Waals surface area contributed by atoms with Crippen molar-refractivity contribution in [2.45, 2.75) is 12.5 Å². The fourth-order valence-corrected chi connectivity index (χ4v) is 1.43. The van der Waals surface area contributed by atoms with Gasteiger partial charge in [-0.15, -0.1) is 0 Å². The summed E-state index contributed by atoms with van der Waals surface area (Å²) in [6.07, 6.45) is 9.69. The fourth-order valence-electron chi connectivity index (χ4n) is 1.43. The largest absolute Gasteiger partial charge is 0.305 e. The summed E-state index contributed by atoms with van der Waals surface area (Å²) in [6, 6.07) is 0.426. The van der Waals surface area contributed by atoms with Crippen molar-refractivity contribution in [1.29, 1.82) is 0 Å². The number of aliphatic imine (C=N–C) groups is 1. The summed E-state index contributed by atoms with van der Waals surface area (Å²) in [5, 5.41) is 3.40. The summed E-state index contributed by atoms with van der Waals surface area (Å²) in [5.74, 6) is 0. The molecule has 1 aliphatic heterocycles. The van der Waals surface area contributed by atoms with Gasteiger partial charge in [0.25, 0.3) is 0 Å². The molecule has 0 amide bonds. The fraction of sp³-hybridized carbons (Fsp3) is 0.444. The van der Waals surface area contributed by atoms with E-state index in [9.17, 15) is 0 Å². The lowest BCUT2D eigenvalue weighted by Crippen LogP contribution is -2.30. The van der Waals surface area contributed by atoms with Crippen LogP contribution >= 0.6 is 0 Å². The Morgan fingerprint density at radius 3 is 3.55 bits per heavy atom. The highest BCUT2D eigenvalue weighted by atomic mass is 15.0. The first-order chi connectivity index (χ1) is 5.47. The topological polar surface area (TPSA) is 24.4 Å². The van der Waals surface area contributed by atoms with E-state index in [0.29, 0.717) is 6.04 Å². The smallest absolute Gasteiger partial charge is 0.0519 e. The lowest BCUT2D eigenvalue weighted by atomic mass is 10.0. The van der Waals surface area contributed by atoms with E-state index in [1.165, 1.54) is 5.57 Å². The Labute approximate surface area is 66.7 Å². The molecule has 1 unspecified atom stereocenters. The maximum Gasteiger partial charge on any atom is 0.0519 e. The van der Waals surface area contributed by atoms with Gasteiger partial charge in [0, 0.05) is 12.8 Å². The second kappa shape index (κ2) is 3.01. The van der Waals surface area contributed by atoms with Crippen LogP contribution in [-0.2, 0) is 0 Å². The quantitative estimate of drug-likeness (QED) is 0.507. The molecule has 0 aromatic heterocycles. The van der Waals surface area contributed by atoms with Gasteiger partial charge in [0.2, 0.25) is 0 Å². The van der Waals surface area contributed by atoms with Gasteiger partial charge in [-0.1, -0.05) is 18.2 Å². The molecule has 2 heteroatoms. The van der Waals surface area contributed by atoms with Gasteiger partial charge in [-0.2, -0.15) is 0 Å². The number of hydrogen-bond donors (Lipinski definition) is 1. The standard InChI is InChI=1S/C9H12N2/c1-2-4-9-8(3-1)7-10-5-6-11-9/h2-4,7,9,11H,1,5-6H2. The Hall–Kier alpha value is -0.890. The Balaban J connectivity index is 2.21. The van der Waals surface area contributed by atoms with Crippen LogP contribution in [0.25, 0.3) is 0 Å². The average molecular weight is 148 g/mol. The second-order valence-electron chi connectivity index (χ2n) is 2.84. The maximum absolute atomic E-state index is 4.27. The van der Waals surface area contributed by atoms with E-state index in [1.807, 2.05) is 6.21 Å². The van der Waals surface area contributed by atoms with E-state index >= 15 is 0 Å². The Kier molecular flexibility index (Phi) is 1.86. The molecule has 0 radical (unpaired) electrons. The molecule has 0 fully saturated rings. The van der Waals surface area contributed by atoms with Gasteiger partial charge in [0.15, 0.2) is 0 Å². The first kappa shape index (κ1) is 6.80. The lowest BCUT2D eigenvalue weighted by Gasteiger charge is -2.15. The third-order valence-corrected chi connectivity index (χ3v) is 2.02. The van der Waals surface area contributed by atoms with E-state index in [2.05, 4.69) is 28.5 Å². The average Bonchev–Trinajstić information content (AvgIpc) is 2.28. The minimum atomic E-state index is 0.426. The summed E-state index contributed by atoms with van der Waals surface area (Å²) < 4.78 is 0. The Bertz CT molecular complexity index is 226. The molecule has 0 saturated heterocycles. The van der Waals surface area contributed by atoms with Crippen LogP contribution in [0.5, 0.6) is 0 Å². The van der Waals surface area contributed by atoms with Crippen LogP contribution in [-0.4, -0.2) is 25.3 Å². The van der Waals surface area contributed by atoms with Crippen molar-refractivity contribution in [2.24, 2.45) is 4.99 Å². The van der Waals surface area contributed by atoms with Gasteiger partial charge < -0.3 is 5.32 Å². The molecule has 2 aliphatic rings. The van der Waals surface area contributed by atoms with Crippen molar-refractivity contribution in [3.05, 3.63) is 23.8 Å². The molecule has 1 atom stereocenters. The van der Waals surface area contributed by atoms with Crippen molar-refractivity contribution >= 4 is 6.21 Å². The number of nitrogens with one attached hydrogen (secondary N) is 1. The predicted molar refractivity (Wildman–Crippen MR) is 47.0 cm³/mol. The third-order valence-electron chi connectivity index (χ3n) is 2.02. The summed E-state index contributed by atoms with van der Waals surface area (Å²) in [7, 11) is 0. The molecule has 0 saturated carbocycles. The lowest BCUT2D eigenvalue weighted by molar-refractivity contribution is 0.676. The van der Waals surface area contributed by atoms with E-state index in [4.69, 9.17) is 0 Å². The van der Waals surface area contributed by atoms with Crippen LogP contribution in [0.15, 0.2) is 28.8 Å². The van der Waals surface area contributed by atoms with Gasteiger partial charge in [-0.3, -0.25) is 4.99 Å². The number of nitrogens with zero attached hydrogens (tertiary/aromatic N) is 1. The molecular weight excluding hydrogens is 136 g/mol. The van der Waals surface area contributed by atoms with Crippen molar-refractivity contribution in [1.82, 2.24) is 5.32 Å². The molecule has 0 bridgehead atoms. The van der Waals surface area contributed by atoms with Crippen LogP contribution in [0.2, 0.25) is 0 Å². The number of fused-ring (bicyclic) bond motifs is 1. The van der Waals surface area contributed by atoms with Crippen molar-refractivity contribution in [2.75, 3.05) is 13.1 Å². The third kappa shape index (κ3) is 1.40.